The molecule has 2 aromatic rings. The topological polar surface area (TPSA) is 44.0 Å². The number of aryl methyl sites for hydroxylation is 1. The molecule has 1 heterocycles. The third-order valence-electron chi connectivity index (χ3n) is 4.91. The number of aromatic nitrogens is 2. The third-order valence-corrected chi connectivity index (χ3v) is 4.91. The van der Waals surface area contributed by atoms with Crippen molar-refractivity contribution >= 4 is 11.0 Å². The van der Waals surface area contributed by atoms with Gasteiger partial charge in [-0.05, 0) is 37.3 Å². The number of nitrogens with zero attached hydrogens (tertiary/aromatic N) is 2. The molecule has 21 heavy (non-hydrogen) atoms. The van der Waals surface area contributed by atoms with Crippen molar-refractivity contribution in [1.82, 2.24) is 9.13 Å². The zero-order chi connectivity index (χ0) is 15.0. The molecule has 0 aliphatic heterocycles. The van der Waals surface area contributed by atoms with Crippen LogP contribution in [0.1, 0.15) is 33.1 Å². The zero-order valence-corrected chi connectivity index (χ0v) is 12.7. The minimum Gasteiger partial charge on any atom is -0.302 e. The smallest absolute Gasteiger partial charge is 0.302 e. The van der Waals surface area contributed by atoms with Crippen molar-refractivity contribution in [1.29, 1.82) is 0 Å². The Kier molecular flexibility index (Phi) is 3.70. The lowest BCUT2D eigenvalue weighted by Crippen LogP contribution is -2.42. The fourth-order valence-corrected chi connectivity index (χ4v) is 3.59. The van der Waals surface area contributed by atoms with E-state index in [1.807, 2.05) is 31.2 Å². The Labute approximate surface area is 124 Å². The van der Waals surface area contributed by atoms with Gasteiger partial charge in [0, 0.05) is 13.1 Å². The van der Waals surface area contributed by atoms with Gasteiger partial charge < -0.3 is 9.13 Å². The zero-order valence-electron chi connectivity index (χ0n) is 12.7. The fourth-order valence-electron chi connectivity index (χ4n) is 3.59. The first kappa shape index (κ1) is 14.1. The Morgan fingerprint density at radius 1 is 1.05 bits per heavy atom. The van der Waals surface area contributed by atoms with Gasteiger partial charge in [-0.15, -0.1) is 0 Å². The number of benzene rings is 1. The first-order valence-electron chi connectivity index (χ1n) is 7.86. The summed E-state index contributed by atoms with van der Waals surface area (Å²) >= 11 is 0. The lowest BCUT2D eigenvalue weighted by atomic mass is 9.98. The van der Waals surface area contributed by atoms with Crippen LogP contribution in [0.2, 0.25) is 0 Å². The van der Waals surface area contributed by atoms with E-state index in [0.717, 1.165) is 17.5 Å². The van der Waals surface area contributed by atoms with Gasteiger partial charge in [-0.25, -0.2) is 0 Å². The molecule has 112 valence electrons. The van der Waals surface area contributed by atoms with Gasteiger partial charge in [0.25, 0.3) is 0 Å². The minimum absolute atomic E-state index is 0.380. The summed E-state index contributed by atoms with van der Waals surface area (Å²) in [7, 11) is 0. The Morgan fingerprint density at radius 3 is 2.24 bits per heavy atom. The standard InChI is InChI=1S/C17H22N2O2/c1-3-18-14-9-4-5-10-15(14)19(17(21)16(18)20)11-13-8-6-7-12(13)2/h4-5,9-10,12-13H,3,6-8,11H2,1-2H3/t12-,13+/m1/s1. The second-order valence-electron chi connectivity index (χ2n) is 6.12. The molecule has 0 amide bonds. The fraction of sp³-hybridized carbons (Fsp3) is 0.529. The first-order chi connectivity index (χ1) is 10.1. The summed E-state index contributed by atoms with van der Waals surface area (Å²) in [6.45, 7) is 5.34. The van der Waals surface area contributed by atoms with Crippen LogP contribution in [0, 0.1) is 11.8 Å². The van der Waals surface area contributed by atoms with Crippen LogP contribution < -0.4 is 11.1 Å². The minimum atomic E-state index is -0.401. The highest BCUT2D eigenvalue weighted by Gasteiger charge is 2.25. The van der Waals surface area contributed by atoms with Crippen molar-refractivity contribution in [3.63, 3.8) is 0 Å². The van der Waals surface area contributed by atoms with Crippen LogP contribution in [0.5, 0.6) is 0 Å². The van der Waals surface area contributed by atoms with Crippen molar-refractivity contribution in [2.75, 3.05) is 0 Å². The maximum Gasteiger partial charge on any atom is 0.316 e. The Bertz CT molecular complexity index is 772. The molecule has 1 aromatic heterocycles. The maximum atomic E-state index is 12.5. The van der Waals surface area contributed by atoms with Gasteiger partial charge in [0.15, 0.2) is 0 Å². The van der Waals surface area contributed by atoms with Crippen molar-refractivity contribution in [2.24, 2.45) is 11.8 Å². The molecule has 1 aliphatic rings. The highest BCUT2D eigenvalue weighted by atomic mass is 16.2. The summed E-state index contributed by atoms with van der Waals surface area (Å²) in [6, 6.07) is 7.72. The van der Waals surface area contributed by atoms with Gasteiger partial charge >= 0.3 is 11.1 Å². The van der Waals surface area contributed by atoms with Crippen LogP contribution in [0.25, 0.3) is 11.0 Å². The van der Waals surface area contributed by atoms with Gasteiger partial charge in [-0.1, -0.05) is 31.9 Å². The Morgan fingerprint density at radius 2 is 1.67 bits per heavy atom. The van der Waals surface area contributed by atoms with E-state index in [2.05, 4.69) is 6.92 Å². The largest absolute Gasteiger partial charge is 0.316 e. The Balaban J connectivity index is 2.20. The first-order valence-corrected chi connectivity index (χ1v) is 7.86. The van der Waals surface area contributed by atoms with Gasteiger partial charge in [0.2, 0.25) is 0 Å². The van der Waals surface area contributed by atoms with Crippen LogP contribution in [0.4, 0.5) is 0 Å². The van der Waals surface area contributed by atoms with Crippen LogP contribution in [-0.2, 0) is 13.1 Å². The molecule has 4 nitrogen and oxygen atoms in total. The normalized spacial score (nSPS) is 22.0. The summed E-state index contributed by atoms with van der Waals surface area (Å²) < 4.78 is 3.28. The molecule has 0 N–H and O–H groups in total. The van der Waals surface area contributed by atoms with E-state index in [1.165, 1.54) is 12.8 Å². The predicted molar refractivity (Wildman–Crippen MR) is 84.6 cm³/mol. The molecule has 0 unspecified atom stereocenters. The van der Waals surface area contributed by atoms with Crippen LogP contribution in [0.15, 0.2) is 33.9 Å². The Hall–Kier alpha value is -1.84. The second-order valence-corrected chi connectivity index (χ2v) is 6.12. The summed E-state index contributed by atoms with van der Waals surface area (Å²) in [5, 5.41) is 0. The molecule has 1 aromatic carbocycles. The van der Waals surface area contributed by atoms with Crippen molar-refractivity contribution in [3.8, 4) is 0 Å². The van der Waals surface area contributed by atoms with Crippen molar-refractivity contribution in [3.05, 3.63) is 45.0 Å². The molecule has 0 spiro atoms. The van der Waals surface area contributed by atoms with E-state index >= 15 is 0 Å². The van der Waals surface area contributed by atoms with E-state index in [9.17, 15) is 9.59 Å². The lowest BCUT2D eigenvalue weighted by molar-refractivity contribution is 0.362. The van der Waals surface area contributed by atoms with E-state index in [4.69, 9.17) is 0 Å². The molecule has 1 aliphatic carbocycles. The molecule has 1 fully saturated rings. The average Bonchev–Trinajstić information content (AvgIpc) is 2.89. The van der Waals surface area contributed by atoms with E-state index in [1.54, 1.807) is 9.13 Å². The third kappa shape index (κ3) is 2.33. The van der Waals surface area contributed by atoms with E-state index in [-0.39, 0.29) is 5.56 Å². The van der Waals surface area contributed by atoms with Gasteiger partial charge in [0.05, 0.1) is 11.0 Å². The number of para-hydroxylation sites is 2. The second kappa shape index (κ2) is 5.51. The highest BCUT2D eigenvalue weighted by Crippen LogP contribution is 2.32. The average molecular weight is 286 g/mol. The SMILES string of the molecule is CCn1c(=O)c(=O)n(C[C@@H]2CCC[C@H]2C)c2ccccc21. The summed E-state index contributed by atoms with van der Waals surface area (Å²) in [6.07, 6.45) is 3.60. The van der Waals surface area contributed by atoms with E-state index in [0.29, 0.717) is 24.9 Å². The molecular formula is C17H22N2O2. The molecule has 0 radical (unpaired) electrons. The van der Waals surface area contributed by atoms with Crippen LogP contribution in [0.3, 0.4) is 0 Å². The summed E-state index contributed by atoms with van der Waals surface area (Å²) in [5.41, 5.74) is 0.954. The van der Waals surface area contributed by atoms with Gasteiger partial charge in [0.1, 0.15) is 0 Å². The maximum absolute atomic E-state index is 12.5. The van der Waals surface area contributed by atoms with Crippen LogP contribution >= 0.6 is 0 Å². The van der Waals surface area contributed by atoms with Crippen LogP contribution in [-0.4, -0.2) is 9.13 Å². The predicted octanol–water partition coefficient (Wildman–Crippen LogP) is 2.62. The number of fused-ring (bicyclic) bond motifs is 1. The molecule has 0 saturated heterocycles. The molecule has 1 saturated carbocycles. The number of hydrogen-bond acceptors (Lipinski definition) is 2. The summed E-state index contributed by atoms with van der Waals surface area (Å²) in [4.78, 5) is 24.8. The summed E-state index contributed by atoms with van der Waals surface area (Å²) in [5.74, 6) is 1.13. The number of hydrogen-bond donors (Lipinski definition) is 0. The number of rotatable bonds is 3. The van der Waals surface area contributed by atoms with Gasteiger partial charge in [-0.3, -0.25) is 9.59 Å². The van der Waals surface area contributed by atoms with Gasteiger partial charge in [-0.2, -0.15) is 0 Å². The van der Waals surface area contributed by atoms with Crippen molar-refractivity contribution in [2.45, 2.75) is 46.2 Å². The molecule has 4 heteroatoms. The van der Waals surface area contributed by atoms with Crippen molar-refractivity contribution < 1.29 is 0 Å². The lowest BCUT2D eigenvalue weighted by Gasteiger charge is -2.19. The monoisotopic (exact) mass is 286 g/mol. The molecule has 0 bridgehead atoms. The highest BCUT2D eigenvalue weighted by molar-refractivity contribution is 5.75. The molecule has 3 rings (SSSR count). The quantitative estimate of drug-likeness (QED) is 0.814. The van der Waals surface area contributed by atoms with E-state index < -0.39 is 5.56 Å². The molecular weight excluding hydrogens is 264 g/mol. The molecule has 2 atom stereocenters.